The van der Waals surface area contributed by atoms with Gasteiger partial charge in [0.15, 0.2) is 0 Å². The van der Waals surface area contributed by atoms with Crippen LogP contribution in [0.5, 0.6) is 0 Å². The van der Waals surface area contributed by atoms with Crippen LogP contribution in [0.25, 0.3) is 0 Å². The lowest BCUT2D eigenvalue weighted by Crippen LogP contribution is -1.85. The van der Waals surface area contributed by atoms with Crippen LogP contribution >= 0.6 is 11.6 Å². The molecule has 0 fully saturated rings. The van der Waals surface area contributed by atoms with Crippen LogP contribution in [0.15, 0.2) is 0 Å². The summed E-state index contributed by atoms with van der Waals surface area (Å²) in [4.78, 5) is 0. The van der Waals surface area contributed by atoms with E-state index in [1.807, 2.05) is 0 Å². The maximum atomic E-state index is 5.72. The fraction of sp³-hybridized carbons (Fsp3) is 1.00. The van der Waals surface area contributed by atoms with Crippen LogP contribution in [0.2, 0.25) is 0 Å². The molecule has 1 heteroatoms. The Bertz CT molecular complexity index is 307. The fourth-order valence-corrected chi connectivity index (χ4v) is 5.66. The highest BCUT2D eigenvalue weighted by Crippen LogP contribution is 2.16. The Morgan fingerprint density at radius 3 is 0.514 bits per heavy atom. The Balaban J connectivity index is 3.00. The zero-order valence-corrected chi connectivity index (χ0v) is 25.5. The van der Waals surface area contributed by atoms with Crippen LogP contribution in [-0.2, 0) is 0 Å². The van der Waals surface area contributed by atoms with Gasteiger partial charge in [0.05, 0.1) is 0 Å². The molecule has 0 nitrogen and oxygen atoms in total. The van der Waals surface area contributed by atoms with Crippen LogP contribution in [0.1, 0.15) is 212 Å². The van der Waals surface area contributed by atoms with Crippen LogP contribution in [0.3, 0.4) is 0 Å². The highest BCUT2D eigenvalue weighted by Gasteiger charge is 1.97. The lowest BCUT2D eigenvalue weighted by Gasteiger charge is -2.04. The van der Waals surface area contributed by atoms with Crippen molar-refractivity contribution in [2.75, 3.05) is 5.88 Å². The molecular formula is C34H69Cl. The highest BCUT2D eigenvalue weighted by atomic mass is 35.5. The first-order valence-electron chi connectivity index (χ1n) is 17.0. The van der Waals surface area contributed by atoms with Crippen molar-refractivity contribution in [1.82, 2.24) is 0 Å². The predicted molar refractivity (Wildman–Crippen MR) is 164 cm³/mol. The molecule has 0 saturated heterocycles. The molecule has 0 rings (SSSR count). The largest absolute Gasteiger partial charge is 0.127 e. The molecule has 0 radical (unpaired) electrons. The number of halogens is 1. The molecule has 0 unspecified atom stereocenters. The van der Waals surface area contributed by atoms with Gasteiger partial charge in [-0.3, -0.25) is 0 Å². The zero-order chi connectivity index (χ0) is 25.3. The standard InChI is InChI=1S/C34H69Cl/c1-2-3-4-5-6-7-8-9-10-11-12-13-14-15-16-17-18-19-20-21-22-23-24-25-26-27-28-29-30-31-32-33-34-35/h2-34H2,1H3. The smallest absolute Gasteiger partial charge is 0.0223 e. The van der Waals surface area contributed by atoms with Crippen molar-refractivity contribution < 1.29 is 0 Å². The minimum absolute atomic E-state index is 0.847. The van der Waals surface area contributed by atoms with Gasteiger partial charge in [-0.2, -0.15) is 0 Å². The molecule has 0 aromatic rings. The van der Waals surface area contributed by atoms with Gasteiger partial charge in [-0.1, -0.05) is 206 Å². The van der Waals surface area contributed by atoms with Crippen molar-refractivity contribution >= 4 is 11.6 Å². The summed E-state index contributed by atoms with van der Waals surface area (Å²) in [6.07, 6.45) is 46.7. The van der Waals surface area contributed by atoms with Crippen molar-refractivity contribution in [1.29, 1.82) is 0 Å². The molecule has 0 spiro atoms. The summed E-state index contributed by atoms with van der Waals surface area (Å²) in [5.74, 6) is 0.847. The molecule has 0 N–H and O–H groups in total. The van der Waals surface area contributed by atoms with Gasteiger partial charge in [0.1, 0.15) is 0 Å². The first kappa shape index (κ1) is 35.3. The third-order valence-electron chi connectivity index (χ3n) is 7.99. The fourth-order valence-electron chi connectivity index (χ4n) is 5.47. The van der Waals surface area contributed by atoms with Crippen molar-refractivity contribution in [3.8, 4) is 0 Å². The third-order valence-corrected chi connectivity index (χ3v) is 8.25. The lowest BCUT2D eigenvalue weighted by atomic mass is 10.0. The summed E-state index contributed by atoms with van der Waals surface area (Å²) in [7, 11) is 0. The van der Waals surface area contributed by atoms with Gasteiger partial charge in [-0.15, -0.1) is 11.6 Å². The number of alkyl halides is 1. The van der Waals surface area contributed by atoms with E-state index in [1.165, 1.54) is 205 Å². The molecule has 0 aromatic heterocycles. The maximum Gasteiger partial charge on any atom is 0.0223 e. The predicted octanol–water partition coefficient (Wildman–Crippen LogP) is 13.7. The normalized spacial score (nSPS) is 11.5. The second-order valence-corrected chi connectivity index (χ2v) is 12.0. The Morgan fingerprint density at radius 1 is 0.229 bits per heavy atom. The second-order valence-electron chi connectivity index (χ2n) is 11.6. The van der Waals surface area contributed by atoms with E-state index in [0.717, 1.165) is 5.88 Å². The van der Waals surface area contributed by atoms with Gasteiger partial charge in [0.25, 0.3) is 0 Å². The van der Waals surface area contributed by atoms with Gasteiger partial charge >= 0.3 is 0 Å². The molecule has 0 aromatic carbocycles. The molecule has 0 saturated carbocycles. The molecule has 0 heterocycles. The minimum atomic E-state index is 0.847. The van der Waals surface area contributed by atoms with E-state index >= 15 is 0 Å². The summed E-state index contributed by atoms with van der Waals surface area (Å²) in [6.45, 7) is 2.31. The van der Waals surface area contributed by atoms with E-state index in [9.17, 15) is 0 Å². The van der Waals surface area contributed by atoms with Crippen molar-refractivity contribution in [2.45, 2.75) is 212 Å². The molecule has 0 atom stereocenters. The van der Waals surface area contributed by atoms with Gasteiger partial charge in [0.2, 0.25) is 0 Å². The summed E-state index contributed by atoms with van der Waals surface area (Å²) >= 11 is 5.72. The highest BCUT2D eigenvalue weighted by molar-refractivity contribution is 6.17. The Kier molecular flexibility index (Phi) is 34.6. The average Bonchev–Trinajstić information content (AvgIpc) is 2.87. The summed E-state index contributed by atoms with van der Waals surface area (Å²) in [6, 6.07) is 0. The van der Waals surface area contributed by atoms with Gasteiger partial charge in [-0.25, -0.2) is 0 Å². The summed E-state index contributed by atoms with van der Waals surface area (Å²) in [5.41, 5.74) is 0. The summed E-state index contributed by atoms with van der Waals surface area (Å²) < 4.78 is 0. The SMILES string of the molecule is CCCCCCCCCCCCCCCCCCCCCCCCCCCCCCCCCCCl. The maximum absolute atomic E-state index is 5.72. The average molecular weight is 513 g/mol. The zero-order valence-electron chi connectivity index (χ0n) is 24.7. The van der Waals surface area contributed by atoms with E-state index in [2.05, 4.69) is 6.92 Å². The number of unbranched alkanes of at least 4 members (excludes halogenated alkanes) is 31. The second kappa shape index (κ2) is 34.3. The molecule has 0 bridgehead atoms. The van der Waals surface area contributed by atoms with Crippen molar-refractivity contribution in [2.24, 2.45) is 0 Å². The van der Waals surface area contributed by atoms with Crippen LogP contribution in [0.4, 0.5) is 0 Å². The Labute approximate surface area is 229 Å². The first-order valence-corrected chi connectivity index (χ1v) is 17.5. The third kappa shape index (κ3) is 34.3. The molecule has 0 aliphatic carbocycles. The van der Waals surface area contributed by atoms with E-state index in [4.69, 9.17) is 11.6 Å². The van der Waals surface area contributed by atoms with E-state index in [0.29, 0.717) is 0 Å². The molecule has 212 valence electrons. The topological polar surface area (TPSA) is 0 Å². The summed E-state index contributed by atoms with van der Waals surface area (Å²) in [5, 5.41) is 0. The molecule has 0 aliphatic heterocycles. The first-order chi connectivity index (χ1) is 17.4. The molecule has 0 aliphatic rings. The van der Waals surface area contributed by atoms with E-state index in [1.54, 1.807) is 0 Å². The molecule has 0 amide bonds. The van der Waals surface area contributed by atoms with E-state index in [-0.39, 0.29) is 0 Å². The lowest BCUT2D eigenvalue weighted by molar-refractivity contribution is 0.512. The van der Waals surface area contributed by atoms with Gasteiger partial charge < -0.3 is 0 Å². The molecule has 35 heavy (non-hydrogen) atoms. The van der Waals surface area contributed by atoms with Crippen molar-refractivity contribution in [3.05, 3.63) is 0 Å². The quantitative estimate of drug-likeness (QED) is 0.0620. The van der Waals surface area contributed by atoms with Crippen LogP contribution < -0.4 is 0 Å². The van der Waals surface area contributed by atoms with Gasteiger partial charge in [0, 0.05) is 5.88 Å². The monoisotopic (exact) mass is 513 g/mol. The van der Waals surface area contributed by atoms with Gasteiger partial charge in [-0.05, 0) is 6.42 Å². The van der Waals surface area contributed by atoms with Crippen LogP contribution in [-0.4, -0.2) is 5.88 Å². The minimum Gasteiger partial charge on any atom is -0.127 e. The number of rotatable bonds is 32. The van der Waals surface area contributed by atoms with Crippen molar-refractivity contribution in [3.63, 3.8) is 0 Å². The number of hydrogen-bond acceptors (Lipinski definition) is 0. The Morgan fingerprint density at radius 2 is 0.371 bits per heavy atom. The number of hydrogen-bond donors (Lipinski definition) is 0. The van der Waals surface area contributed by atoms with Crippen LogP contribution in [0, 0.1) is 0 Å². The Hall–Kier alpha value is 0.290. The van der Waals surface area contributed by atoms with E-state index < -0.39 is 0 Å². The molecular weight excluding hydrogens is 444 g/mol.